The molecule has 1 N–H and O–H groups in total. The number of benzene rings is 1. The Labute approximate surface area is 83.7 Å². The van der Waals surface area contributed by atoms with Gasteiger partial charge < -0.3 is 5.11 Å². The first-order valence-corrected chi connectivity index (χ1v) is 4.51. The maximum absolute atomic E-state index is 9.14. The Morgan fingerprint density at radius 3 is 2.85 bits per heavy atom. The number of thiocarbonyl (C=S) groups is 1. The smallest absolute Gasteiger partial charge is 0.163 e. The Kier molecular flexibility index (Phi) is 3.20. The fourth-order valence-corrected chi connectivity index (χ4v) is 1.23. The highest BCUT2D eigenvalue weighted by Gasteiger charge is 2.09. The van der Waals surface area contributed by atoms with E-state index >= 15 is 0 Å². The van der Waals surface area contributed by atoms with Gasteiger partial charge in [-0.15, -0.1) is 0 Å². The lowest BCUT2D eigenvalue weighted by Gasteiger charge is -2.08. The highest BCUT2D eigenvalue weighted by molar-refractivity contribution is 7.80. The number of rotatable bonds is 3. The summed E-state index contributed by atoms with van der Waals surface area (Å²) in [6, 6.07) is 7.81. The summed E-state index contributed by atoms with van der Waals surface area (Å²) in [4.78, 5) is 0. The van der Waals surface area contributed by atoms with Crippen LogP contribution in [-0.2, 0) is 0 Å². The fraction of sp³-hybridized carbons (Fsp3) is 0.182. The number of hydrogen-bond donors (Lipinski definition) is 1. The first-order chi connectivity index (χ1) is 6.15. The molecule has 1 atom stereocenters. The minimum Gasteiger partial charge on any atom is -0.502 e. The number of aliphatic hydroxyl groups is 1. The molecule has 1 aromatic rings. The molecule has 1 unspecified atom stereocenters. The van der Waals surface area contributed by atoms with E-state index in [-0.39, 0.29) is 11.0 Å². The lowest BCUT2D eigenvalue weighted by molar-refractivity contribution is 0.539. The summed E-state index contributed by atoms with van der Waals surface area (Å²) in [6.45, 7) is 5.56. The van der Waals surface area contributed by atoms with Gasteiger partial charge in [-0.25, -0.2) is 0 Å². The lowest BCUT2D eigenvalue weighted by atomic mass is 10.00. The van der Waals surface area contributed by atoms with E-state index in [0.29, 0.717) is 0 Å². The zero-order valence-electron chi connectivity index (χ0n) is 7.53. The summed E-state index contributed by atoms with van der Waals surface area (Å²) in [5.74, 6) is -0.0881. The first-order valence-electron chi connectivity index (χ1n) is 4.10. The predicted molar refractivity (Wildman–Crippen MR) is 60.2 cm³/mol. The standard InChI is InChI=1S/C11H12OS/c1-3-9-5-4-6-10(7-9)8(2)11(12)13/h3-8H,1H2,2H3,(H,12,13). The Bertz CT molecular complexity index is 331. The average molecular weight is 192 g/mol. The summed E-state index contributed by atoms with van der Waals surface area (Å²) >= 11 is 4.71. The van der Waals surface area contributed by atoms with Crippen LogP contribution < -0.4 is 0 Å². The van der Waals surface area contributed by atoms with E-state index in [1.807, 2.05) is 31.2 Å². The van der Waals surface area contributed by atoms with Crippen LogP contribution in [0, 0.1) is 0 Å². The molecular weight excluding hydrogens is 180 g/mol. The lowest BCUT2D eigenvalue weighted by Crippen LogP contribution is -2.04. The zero-order chi connectivity index (χ0) is 9.84. The second-order valence-electron chi connectivity index (χ2n) is 2.93. The molecule has 2 heteroatoms. The Balaban J connectivity index is 3.01. The molecule has 0 amide bonds. The molecule has 0 radical (unpaired) electrons. The molecule has 1 aromatic carbocycles. The maximum atomic E-state index is 9.14. The van der Waals surface area contributed by atoms with E-state index in [2.05, 4.69) is 6.58 Å². The molecule has 0 saturated heterocycles. The van der Waals surface area contributed by atoms with Crippen LogP contribution in [0.15, 0.2) is 30.8 Å². The summed E-state index contributed by atoms with van der Waals surface area (Å²) in [7, 11) is 0. The summed E-state index contributed by atoms with van der Waals surface area (Å²) in [6.07, 6.45) is 1.77. The van der Waals surface area contributed by atoms with Crippen molar-refractivity contribution in [3.63, 3.8) is 0 Å². The normalized spacial score (nSPS) is 12.1. The van der Waals surface area contributed by atoms with E-state index in [1.54, 1.807) is 6.08 Å². The molecule has 0 spiro atoms. The predicted octanol–water partition coefficient (Wildman–Crippen LogP) is 3.32. The van der Waals surface area contributed by atoms with Crippen molar-refractivity contribution in [1.29, 1.82) is 0 Å². The molecule has 0 aromatic heterocycles. The van der Waals surface area contributed by atoms with Crippen LogP contribution in [0.2, 0.25) is 0 Å². The van der Waals surface area contributed by atoms with Gasteiger partial charge in [-0.3, -0.25) is 0 Å². The third-order valence-corrected chi connectivity index (χ3v) is 2.37. The van der Waals surface area contributed by atoms with Crippen LogP contribution >= 0.6 is 12.2 Å². The van der Waals surface area contributed by atoms with Crippen molar-refractivity contribution in [2.75, 3.05) is 0 Å². The molecule has 0 aliphatic heterocycles. The quantitative estimate of drug-likeness (QED) is 0.741. The van der Waals surface area contributed by atoms with Crippen molar-refractivity contribution in [3.8, 4) is 0 Å². The Hall–Kier alpha value is -1.15. The second-order valence-corrected chi connectivity index (χ2v) is 3.35. The van der Waals surface area contributed by atoms with E-state index in [9.17, 15) is 0 Å². The molecule has 0 saturated carbocycles. The van der Waals surface area contributed by atoms with Crippen LogP contribution in [0.1, 0.15) is 24.0 Å². The molecule has 68 valence electrons. The average Bonchev–Trinajstić information content (AvgIpc) is 2.16. The van der Waals surface area contributed by atoms with Crippen molar-refractivity contribution < 1.29 is 5.11 Å². The Morgan fingerprint density at radius 2 is 2.31 bits per heavy atom. The topological polar surface area (TPSA) is 20.2 Å². The van der Waals surface area contributed by atoms with Crippen LogP contribution in [0.4, 0.5) is 0 Å². The third-order valence-electron chi connectivity index (χ3n) is 2.02. The van der Waals surface area contributed by atoms with Gasteiger partial charge >= 0.3 is 0 Å². The first kappa shape index (κ1) is 9.93. The minimum absolute atomic E-state index is 0.0289. The molecule has 1 nitrogen and oxygen atoms in total. The van der Waals surface area contributed by atoms with Crippen molar-refractivity contribution in [2.24, 2.45) is 0 Å². The number of aliphatic hydroxyl groups excluding tert-OH is 1. The molecule has 0 fully saturated rings. The van der Waals surface area contributed by atoms with Gasteiger partial charge in [0.25, 0.3) is 0 Å². The largest absolute Gasteiger partial charge is 0.502 e. The van der Waals surface area contributed by atoms with Crippen LogP contribution in [0.25, 0.3) is 6.08 Å². The molecule has 0 aliphatic rings. The van der Waals surface area contributed by atoms with Gasteiger partial charge in [0.2, 0.25) is 0 Å². The maximum Gasteiger partial charge on any atom is 0.163 e. The van der Waals surface area contributed by atoms with Gasteiger partial charge in [0.1, 0.15) is 0 Å². The van der Waals surface area contributed by atoms with Crippen LogP contribution in [0.3, 0.4) is 0 Å². The molecule has 0 bridgehead atoms. The van der Waals surface area contributed by atoms with Gasteiger partial charge in [-0.05, 0) is 23.3 Å². The van der Waals surface area contributed by atoms with Gasteiger partial charge in [-0.2, -0.15) is 0 Å². The van der Waals surface area contributed by atoms with E-state index in [0.717, 1.165) is 11.1 Å². The van der Waals surface area contributed by atoms with E-state index in [1.165, 1.54) is 0 Å². The van der Waals surface area contributed by atoms with Gasteiger partial charge in [0, 0.05) is 5.92 Å². The highest BCUT2D eigenvalue weighted by atomic mass is 32.1. The van der Waals surface area contributed by atoms with Gasteiger partial charge in [0.05, 0.1) is 0 Å². The summed E-state index contributed by atoms with van der Waals surface area (Å²) in [5.41, 5.74) is 2.06. The van der Waals surface area contributed by atoms with Crippen molar-refractivity contribution in [1.82, 2.24) is 0 Å². The Morgan fingerprint density at radius 1 is 1.62 bits per heavy atom. The van der Waals surface area contributed by atoms with Crippen LogP contribution in [-0.4, -0.2) is 10.2 Å². The molecule has 0 heterocycles. The molecule has 13 heavy (non-hydrogen) atoms. The van der Waals surface area contributed by atoms with Crippen molar-refractivity contribution >= 4 is 23.3 Å². The van der Waals surface area contributed by atoms with Crippen molar-refractivity contribution in [3.05, 3.63) is 42.0 Å². The third kappa shape index (κ3) is 2.39. The highest BCUT2D eigenvalue weighted by Crippen LogP contribution is 2.17. The monoisotopic (exact) mass is 192 g/mol. The van der Waals surface area contributed by atoms with Crippen molar-refractivity contribution in [2.45, 2.75) is 12.8 Å². The number of hydrogen-bond acceptors (Lipinski definition) is 1. The van der Waals surface area contributed by atoms with E-state index < -0.39 is 0 Å². The van der Waals surface area contributed by atoms with Crippen LogP contribution in [0.5, 0.6) is 0 Å². The molecule has 0 aliphatic carbocycles. The van der Waals surface area contributed by atoms with E-state index in [4.69, 9.17) is 17.3 Å². The molecular formula is C11H12OS. The minimum atomic E-state index is -0.0881. The zero-order valence-corrected chi connectivity index (χ0v) is 8.34. The van der Waals surface area contributed by atoms with Gasteiger partial charge in [0.15, 0.2) is 5.05 Å². The summed E-state index contributed by atoms with van der Waals surface area (Å²) in [5, 5.41) is 9.17. The summed E-state index contributed by atoms with van der Waals surface area (Å²) < 4.78 is 0. The SMILES string of the molecule is C=Cc1cccc(C(C)C(O)=S)c1. The second kappa shape index (κ2) is 4.19. The fourth-order valence-electron chi connectivity index (χ4n) is 1.10. The van der Waals surface area contributed by atoms with Gasteiger partial charge in [-0.1, -0.05) is 43.8 Å². The molecule has 1 rings (SSSR count).